The number of aromatic amines is 3. The van der Waals surface area contributed by atoms with Crippen molar-refractivity contribution in [3.8, 4) is 21.8 Å². The Morgan fingerprint density at radius 3 is 2.77 bits per heavy atom. The van der Waals surface area contributed by atoms with Crippen LogP contribution in [0.15, 0.2) is 36.7 Å². The molecule has 4 aromatic heterocycles. The zero-order valence-corrected chi connectivity index (χ0v) is 17.2. The van der Waals surface area contributed by atoms with Crippen LogP contribution in [-0.4, -0.2) is 42.0 Å². The van der Waals surface area contributed by atoms with Gasteiger partial charge in [-0.2, -0.15) is 10.2 Å². The summed E-state index contributed by atoms with van der Waals surface area (Å²) >= 11 is 1.63. The number of benzene rings is 1. The third-order valence-electron chi connectivity index (χ3n) is 5.00. The van der Waals surface area contributed by atoms with Crippen LogP contribution >= 0.6 is 11.3 Å². The Morgan fingerprint density at radius 1 is 1.23 bits per heavy atom. The number of nitrogens with two attached hydrogens (primary N) is 1. The quantitative estimate of drug-likeness (QED) is 0.297. The predicted molar refractivity (Wildman–Crippen MR) is 117 cm³/mol. The molecule has 0 atom stereocenters. The number of rotatable bonds is 5. The summed E-state index contributed by atoms with van der Waals surface area (Å²) in [4.78, 5) is 16.3. The maximum absolute atomic E-state index is 11.8. The number of hydrogen-bond donors (Lipinski definition) is 5. The van der Waals surface area contributed by atoms with Gasteiger partial charge in [0.15, 0.2) is 0 Å². The van der Waals surface area contributed by atoms with Crippen LogP contribution in [0.5, 0.6) is 0 Å². The van der Waals surface area contributed by atoms with E-state index in [4.69, 9.17) is 5.73 Å². The smallest absolute Gasteiger partial charge is 0.248 e. The molecule has 152 valence electrons. The topological polar surface area (TPSA) is 136 Å². The number of fused-ring (bicyclic) bond motifs is 2. The van der Waals surface area contributed by atoms with Gasteiger partial charge in [-0.1, -0.05) is 0 Å². The molecule has 0 unspecified atom stereocenters. The Balaban J connectivity index is 1.66. The summed E-state index contributed by atoms with van der Waals surface area (Å²) in [6.07, 6.45) is 4.03. The number of nitrogens with zero attached hydrogens (tertiary/aromatic N) is 2. The highest BCUT2D eigenvalue weighted by atomic mass is 32.1. The van der Waals surface area contributed by atoms with Gasteiger partial charge in [-0.15, -0.1) is 11.3 Å². The van der Waals surface area contributed by atoms with Crippen LogP contribution in [0, 0.1) is 0 Å². The fraction of sp³-hybridized carbons (Fsp3) is 0.190. The van der Waals surface area contributed by atoms with Crippen LogP contribution in [0.2, 0.25) is 0 Å². The zero-order chi connectivity index (χ0) is 21.0. The van der Waals surface area contributed by atoms with Gasteiger partial charge in [0, 0.05) is 39.5 Å². The maximum atomic E-state index is 11.8. The van der Waals surface area contributed by atoms with Crippen molar-refractivity contribution in [3.63, 3.8) is 0 Å². The fourth-order valence-electron chi connectivity index (χ4n) is 3.72. The molecular weight excluding hydrogens is 400 g/mol. The minimum absolute atomic E-state index is 0.390. The first-order valence-corrected chi connectivity index (χ1v) is 10.3. The third kappa shape index (κ3) is 3.17. The Morgan fingerprint density at radius 2 is 2.07 bits per heavy atom. The molecule has 4 heterocycles. The number of H-pyrrole nitrogens is 3. The molecule has 0 fully saturated rings. The zero-order valence-electron chi connectivity index (χ0n) is 16.4. The average Bonchev–Trinajstić information content (AvgIpc) is 3.41. The van der Waals surface area contributed by atoms with Gasteiger partial charge in [0.25, 0.3) is 0 Å². The van der Waals surface area contributed by atoms with Gasteiger partial charge in [0.05, 0.1) is 27.7 Å². The Hall–Kier alpha value is -3.43. The molecule has 0 spiro atoms. The van der Waals surface area contributed by atoms with E-state index >= 15 is 0 Å². The fourth-order valence-corrected chi connectivity index (χ4v) is 4.82. The highest BCUT2D eigenvalue weighted by Gasteiger charge is 2.20. The van der Waals surface area contributed by atoms with E-state index in [-0.39, 0.29) is 0 Å². The summed E-state index contributed by atoms with van der Waals surface area (Å²) in [5, 5.41) is 25.7. The molecule has 8 nitrogen and oxygen atoms in total. The second kappa shape index (κ2) is 6.54. The van der Waals surface area contributed by atoms with E-state index in [0.717, 1.165) is 48.5 Å². The minimum Gasteiger partial charge on any atom is -0.390 e. The third-order valence-corrected chi connectivity index (χ3v) is 6.20. The molecule has 5 aromatic rings. The first-order chi connectivity index (χ1) is 14.3. The second-order valence-corrected chi connectivity index (χ2v) is 9.10. The summed E-state index contributed by atoms with van der Waals surface area (Å²) in [5.41, 5.74) is 10.2. The van der Waals surface area contributed by atoms with Crippen LogP contribution in [0.25, 0.3) is 42.9 Å². The number of thiophene rings is 1. The van der Waals surface area contributed by atoms with Crippen molar-refractivity contribution >= 4 is 38.4 Å². The highest BCUT2D eigenvalue weighted by molar-refractivity contribution is 7.22. The number of aromatic nitrogens is 5. The average molecular weight is 420 g/mol. The van der Waals surface area contributed by atoms with Gasteiger partial charge in [-0.3, -0.25) is 15.0 Å². The minimum atomic E-state index is -0.923. The van der Waals surface area contributed by atoms with Crippen molar-refractivity contribution in [2.24, 2.45) is 5.73 Å². The van der Waals surface area contributed by atoms with E-state index in [1.54, 1.807) is 43.5 Å². The SMILES string of the molecule is CC(C)(O)Cc1cc(C(N)=O)cc2[nH]c(-c3n[nH]c4cc(-c5cn[nH]c5)sc34)cc12. The van der Waals surface area contributed by atoms with Gasteiger partial charge in [0.2, 0.25) is 5.91 Å². The van der Waals surface area contributed by atoms with Gasteiger partial charge < -0.3 is 15.8 Å². The lowest BCUT2D eigenvalue weighted by Gasteiger charge is -2.18. The summed E-state index contributed by atoms with van der Waals surface area (Å²) in [5.74, 6) is -0.504. The van der Waals surface area contributed by atoms with E-state index < -0.39 is 11.5 Å². The van der Waals surface area contributed by atoms with E-state index in [2.05, 4.69) is 31.4 Å². The Kier molecular flexibility index (Phi) is 4.05. The molecule has 6 N–H and O–H groups in total. The van der Waals surface area contributed by atoms with E-state index in [0.29, 0.717) is 12.0 Å². The maximum Gasteiger partial charge on any atom is 0.248 e. The number of primary amides is 1. The van der Waals surface area contributed by atoms with Crippen LogP contribution in [0.3, 0.4) is 0 Å². The van der Waals surface area contributed by atoms with Crippen molar-refractivity contribution in [1.82, 2.24) is 25.4 Å². The molecule has 0 aliphatic rings. The lowest BCUT2D eigenvalue weighted by Crippen LogP contribution is -2.22. The standard InChI is InChI=1S/C21H20N6O2S/c1-21(2,29)7-11-3-10(20(22)28)4-14-13(11)5-15(25-14)18-19-16(26-27-18)6-17(30-19)12-8-23-24-9-12/h3-6,8-9,25,29H,7H2,1-2H3,(H2,22,28)(H,23,24)(H,26,27). The van der Waals surface area contributed by atoms with Crippen molar-refractivity contribution in [3.05, 3.63) is 47.8 Å². The largest absolute Gasteiger partial charge is 0.390 e. The van der Waals surface area contributed by atoms with E-state index in [1.807, 2.05) is 12.3 Å². The molecule has 0 saturated carbocycles. The van der Waals surface area contributed by atoms with Gasteiger partial charge in [-0.25, -0.2) is 0 Å². The van der Waals surface area contributed by atoms with Crippen molar-refractivity contribution in [1.29, 1.82) is 0 Å². The van der Waals surface area contributed by atoms with Crippen LogP contribution in [0.4, 0.5) is 0 Å². The number of hydrogen-bond acceptors (Lipinski definition) is 5. The predicted octanol–water partition coefficient (Wildman–Crippen LogP) is 3.58. The molecular formula is C21H20N6O2S. The summed E-state index contributed by atoms with van der Waals surface area (Å²) < 4.78 is 1.02. The summed E-state index contributed by atoms with van der Waals surface area (Å²) in [7, 11) is 0. The van der Waals surface area contributed by atoms with E-state index in [1.165, 1.54) is 0 Å². The van der Waals surface area contributed by atoms with E-state index in [9.17, 15) is 9.90 Å². The van der Waals surface area contributed by atoms with Crippen LogP contribution in [-0.2, 0) is 6.42 Å². The molecule has 5 rings (SSSR count). The van der Waals surface area contributed by atoms with Gasteiger partial charge in [-0.05, 0) is 43.7 Å². The number of nitrogens with one attached hydrogen (secondary N) is 3. The molecule has 9 heteroatoms. The molecule has 0 aliphatic carbocycles. The molecule has 0 saturated heterocycles. The lowest BCUT2D eigenvalue weighted by molar-refractivity contribution is 0.0812. The molecule has 1 amide bonds. The highest BCUT2D eigenvalue weighted by Crippen LogP contribution is 2.38. The second-order valence-electron chi connectivity index (χ2n) is 8.05. The number of carbonyl (C=O) groups is 1. The number of carbonyl (C=O) groups excluding carboxylic acids is 1. The molecule has 0 bridgehead atoms. The van der Waals surface area contributed by atoms with Crippen molar-refractivity contribution < 1.29 is 9.90 Å². The van der Waals surface area contributed by atoms with Crippen LogP contribution < -0.4 is 5.73 Å². The molecule has 1 aromatic carbocycles. The number of amides is 1. The number of aliphatic hydroxyl groups is 1. The van der Waals surface area contributed by atoms with Crippen molar-refractivity contribution in [2.45, 2.75) is 25.9 Å². The summed E-state index contributed by atoms with van der Waals surface area (Å²) in [6.45, 7) is 3.48. The molecule has 0 aliphatic heterocycles. The van der Waals surface area contributed by atoms with Gasteiger partial charge >= 0.3 is 0 Å². The van der Waals surface area contributed by atoms with Gasteiger partial charge in [0.1, 0.15) is 5.69 Å². The first kappa shape index (κ1) is 18.6. The lowest BCUT2D eigenvalue weighted by atomic mass is 9.94. The summed E-state index contributed by atoms with van der Waals surface area (Å²) in [6, 6.07) is 7.55. The molecule has 30 heavy (non-hydrogen) atoms. The Labute approximate surface area is 175 Å². The first-order valence-electron chi connectivity index (χ1n) is 9.44. The van der Waals surface area contributed by atoms with Crippen LogP contribution in [0.1, 0.15) is 29.8 Å². The normalized spacial score (nSPS) is 12.2. The Bertz CT molecular complexity index is 1380. The van der Waals surface area contributed by atoms with Crippen molar-refractivity contribution in [2.75, 3.05) is 0 Å². The molecule has 0 radical (unpaired) electrons. The monoisotopic (exact) mass is 420 g/mol.